The van der Waals surface area contributed by atoms with E-state index < -0.39 is 23.7 Å². The number of ketones is 1. The van der Waals surface area contributed by atoms with Crippen molar-refractivity contribution < 1.29 is 38.4 Å². The van der Waals surface area contributed by atoms with Crippen LogP contribution in [0.3, 0.4) is 0 Å². The second-order valence-electron chi connectivity index (χ2n) is 10.7. The van der Waals surface area contributed by atoms with Gasteiger partial charge in [-0.25, -0.2) is 9.78 Å². The van der Waals surface area contributed by atoms with Crippen molar-refractivity contribution >= 4 is 39.9 Å². The molecule has 1 unspecified atom stereocenters. The first-order valence-corrected chi connectivity index (χ1v) is 16.2. The van der Waals surface area contributed by atoms with Gasteiger partial charge in [0.15, 0.2) is 16.6 Å². The molecule has 0 radical (unpaired) electrons. The Balaban J connectivity index is 1.81. The average Bonchev–Trinajstić information content (AvgIpc) is 3.57. The lowest BCUT2D eigenvalue weighted by Crippen LogP contribution is -2.29. The number of hydrogen-bond donors (Lipinski definition) is 1. The van der Waals surface area contributed by atoms with Gasteiger partial charge in [-0.15, -0.1) is 0 Å². The highest BCUT2D eigenvalue weighted by atomic mass is 32.1. The lowest BCUT2D eigenvalue weighted by molar-refractivity contribution is -0.132. The van der Waals surface area contributed by atoms with E-state index in [0.717, 1.165) is 43.4 Å². The normalized spacial score (nSPS) is 15.6. The maximum atomic E-state index is 13.7. The van der Waals surface area contributed by atoms with Crippen molar-refractivity contribution in [3.8, 4) is 17.2 Å². The molecule has 1 aliphatic heterocycles. The molecule has 4 rings (SSSR count). The van der Waals surface area contributed by atoms with E-state index in [1.807, 2.05) is 0 Å². The topological polar surface area (TPSA) is 124 Å². The van der Waals surface area contributed by atoms with E-state index in [1.165, 1.54) is 18.1 Å². The number of thiazole rings is 1. The third-order valence-electron chi connectivity index (χ3n) is 7.36. The summed E-state index contributed by atoms with van der Waals surface area (Å²) in [6.45, 7) is 10.4. The largest absolute Gasteiger partial charge is 0.507 e. The molecule has 1 amide bonds. The van der Waals surface area contributed by atoms with Crippen molar-refractivity contribution in [2.45, 2.75) is 58.9 Å². The first-order chi connectivity index (χ1) is 22.2. The number of esters is 1. The van der Waals surface area contributed by atoms with Crippen LogP contribution >= 0.6 is 11.3 Å². The van der Waals surface area contributed by atoms with Crippen LogP contribution in [0.25, 0.3) is 5.76 Å². The number of Topliss-reactive ketones (excluding diaryl/α,β-unsaturated/α-hetero) is 1. The number of rotatable bonds is 16. The van der Waals surface area contributed by atoms with E-state index >= 15 is 0 Å². The molecular weight excluding hydrogens is 608 g/mol. The molecule has 1 aliphatic rings. The van der Waals surface area contributed by atoms with Crippen LogP contribution in [0.5, 0.6) is 17.2 Å². The molecule has 0 spiro atoms. The van der Waals surface area contributed by atoms with Crippen LogP contribution in [0.15, 0.2) is 60.7 Å². The standard InChI is InChI=1S/C35H40N2O8S/c1-6-9-11-20-44-26-17-14-24(21-27(26)42-5)29-28(30(38)23-12-15-25(16-13-23)43-19-10-7-2)31(39)33(40)37(29)35-36-22(4)32(46-35)34(41)45-18-8-3/h8,12-17,21,29,38H,3,6-7,9-11,18-20H2,1-2,4-5H3. The number of methoxy groups -OCH3 is 1. The summed E-state index contributed by atoms with van der Waals surface area (Å²) in [5, 5.41) is 11.7. The summed E-state index contributed by atoms with van der Waals surface area (Å²) < 4.78 is 22.5. The molecule has 2 aromatic carbocycles. The number of unbranched alkanes of at least 4 members (excludes halogenated alkanes) is 3. The van der Waals surface area contributed by atoms with Crippen molar-refractivity contribution in [3.63, 3.8) is 0 Å². The molecule has 46 heavy (non-hydrogen) atoms. The minimum Gasteiger partial charge on any atom is -0.507 e. The van der Waals surface area contributed by atoms with E-state index in [9.17, 15) is 19.5 Å². The number of amides is 1. The molecule has 244 valence electrons. The van der Waals surface area contributed by atoms with E-state index in [0.29, 0.717) is 47.3 Å². The molecule has 11 heteroatoms. The number of benzene rings is 2. The molecule has 0 bridgehead atoms. The summed E-state index contributed by atoms with van der Waals surface area (Å²) in [6, 6.07) is 10.7. The zero-order chi connectivity index (χ0) is 33.2. The molecule has 2 heterocycles. The highest BCUT2D eigenvalue weighted by molar-refractivity contribution is 7.17. The van der Waals surface area contributed by atoms with Gasteiger partial charge in [-0.1, -0.05) is 63.2 Å². The zero-order valence-corrected chi connectivity index (χ0v) is 27.5. The minimum atomic E-state index is -1.09. The lowest BCUT2D eigenvalue weighted by atomic mass is 9.95. The van der Waals surface area contributed by atoms with Crippen LogP contribution in [0.4, 0.5) is 5.13 Å². The first-order valence-electron chi connectivity index (χ1n) is 15.4. The van der Waals surface area contributed by atoms with E-state index in [4.69, 9.17) is 18.9 Å². The van der Waals surface area contributed by atoms with Gasteiger partial charge < -0.3 is 24.1 Å². The van der Waals surface area contributed by atoms with Crippen LogP contribution in [0.2, 0.25) is 0 Å². The van der Waals surface area contributed by atoms with Gasteiger partial charge in [0.25, 0.3) is 5.78 Å². The Kier molecular flexibility index (Phi) is 12.0. The van der Waals surface area contributed by atoms with Gasteiger partial charge in [-0.05, 0) is 61.7 Å². The molecule has 0 aliphatic carbocycles. The Labute approximate surface area is 273 Å². The first kappa shape index (κ1) is 34.2. The zero-order valence-electron chi connectivity index (χ0n) is 26.7. The number of aromatic nitrogens is 1. The predicted octanol–water partition coefficient (Wildman–Crippen LogP) is 7.18. The van der Waals surface area contributed by atoms with Crippen molar-refractivity contribution in [2.24, 2.45) is 0 Å². The highest BCUT2D eigenvalue weighted by Gasteiger charge is 2.48. The Hall–Kier alpha value is -4.64. The highest BCUT2D eigenvalue weighted by Crippen LogP contribution is 2.45. The third kappa shape index (κ3) is 7.59. The van der Waals surface area contributed by atoms with E-state index in [2.05, 4.69) is 25.4 Å². The molecule has 3 aromatic rings. The van der Waals surface area contributed by atoms with Crippen LogP contribution in [0, 0.1) is 6.92 Å². The quantitative estimate of drug-likeness (QED) is 0.0430. The number of anilines is 1. The van der Waals surface area contributed by atoms with E-state index in [1.54, 1.807) is 49.4 Å². The minimum absolute atomic E-state index is 0.00507. The predicted molar refractivity (Wildman–Crippen MR) is 177 cm³/mol. The van der Waals surface area contributed by atoms with Gasteiger partial charge in [0.05, 0.1) is 37.6 Å². The summed E-state index contributed by atoms with van der Waals surface area (Å²) >= 11 is 0.925. The van der Waals surface area contributed by atoms with Crippen molar-refractivity contribution in [1.82, 2.24) is 4.98 Å². The van der Waals surface area contributed by atoms with Crippen molar-refractivity contribution in [2.75, 3.05) is 31.8 Å². The van der Waals surface area contributed by atoms with Crippen LogP contribution in [-0.2, 0) is 14.3 Å². The van der Waals surface area contributed by atoms with Gasteiger partial charge in [0.2, 0.25) is 0 Å². The summed E-state index contributed by atoms with van der Waals surface area (Å²) in [6.07, 6.45) is 6.30. The number of carbonyl (C=O) groups excluding carboxylic acids is 3. The van der Waals surface area contributed by atoms with Gasteiger partial charge in [-0.2, -0.15) is 0 Å². The average molecular weight is 649 g/mol. The second-order valence-corrected chi connectivity index (χ2v) is 11.6. The molecule has 1 atom stereocenters. The molecule has 10 nitrogen and oxygen atoms in total. The number of nitrogens with zero attached hydrogens (tertiary/aromatic N) is 2. The Morgan fingerprint density at radius 1 is 1.02 bits per heavy atom. The van der Waals surface area contributed by atoms with Crippen LogP contribution in [-0.4, -0.2) is 54.7 Å². The number of ether oxygens (including phenoxy) is 4. The molecule has 1 saturated heterocycles. The van der Waals surface area contributed by atoms with Crippen molar-refractivity contribution in [1.29, 1.82) is 0 Å². The van der Waals surface area contributed by atoms with E-state index in [-0.39, 0.29) is 27.9 Å². The maximum absolute atomic E-state index is 13.7. The molecule has 0 saturated carbocycles. The smallest absolute Gasteiger partial charge is 0.350 e. The number of aliphatic hydroxyl groups excluding tert-OH is 1. The SMILES string of the molecule is C=CCOC(=O)c1sc(N2C(=O)C(=O)C(=C(O)c3ccc(OCCCC)cc3)C2c2ccc(OCCCCC)c(OC)c2)nc1C. The fourth-order valence-electron chi connectivity index (χ4n) is 4.93. The fraction of sp³-hybridized carbons (Fsp3) is 0.371. The Bertz CT molecular complexity index is 1590. The fourth-order valence-corrected chi connectivity index (χ4v) is 5.91. The summed E-state index contributed by atoms with van der Waals surface area (Å²) in [5.41, 5.74) is 1.01. The molecular formula is C35H40N2O8S. The Morgan fingerprint density at radius 3 is 2.41 bits per heavy atom. The van der Waals surface area contributed by atoms with Gasteiger partial charge in [-0.3, -0.25) is 14.5 Å². The van der Waals surface area contributed by atoms with Crippen molar-refractivity contribution in [3.05, 3.63) is 82.4 Å². The second kappa shape index (κ2) is 16.1. The van der Waals surface area contributed by atoms with Crippen LogP contribution in [0.1, 0.15) is 78.5 Å². The summed E-state index contributed by atoms with van der Waals surface area (Å²) in [5.74, 6) is -1.24. The number of aryl methyl sites for hydroxylation is 1. The Morgan fingerprint density at radius 2 is 1.74 bits per heavy atom. The number of carbonyl (C=O) groups is 3. The third-order valence-corrected chi connectivity index (χ3v) is 8.49. The monoisotopic (exact) mass is 648 g/mol. The number of hydrogen-bond acceptors (Lipinski definition) is 10. The van der Waals surface area contributed by atoms with Gasteiger partial charge in [0, 0.05) is 5.56 Å². The molecule has 1 fully saturated rings. The molecule has 1 aromatic heterocycles. The summed E-state index contributed by atoms with van der Waals surface area (Å²) in [4.78, 5) is 46.0. The van der Waals surface area contributed by atoms with Gasteiger partial charge in [0.1, 0.15) is 23.0 Å². The summed E-state index contributed by atoms with van der Waals surface area (Å²) in [7, 11) is 1.50. The number of aliphatic hydroxyl groups is 1. The van der Waals surface area contributed by atoms with Gasteiger partial charge >= 0.3 is 11.9 Å². The van der Waals surface area contributed by atoms with Crippen LogP contribution < -0.4 is 19.1 Å². The maximum Gasteiger partial charge on any atom is 0.350 e. The lowest BCUT2D eigenvalue weighted by Gasteiger charge is -2.24. The molecule has 1 N–H and O–H groups in total.